The third-order valence-corrected chi connectivity index (χ3v) is 3.27. The highest BCUT2D eigenvalue weighted by molar-refractivity contribution is 9.11. The van der Waals surface area contributed by atoms with E-state index in [0.29, 0.717) is 0 Å². The number of ether oxygens (including phenoxy) is 1. The number of nitrogens with one attached hydrogen (secondary N) is 1. The van der Waals surface area contributed by atoms with Crippen LogP contribution in [0.4, 0.5) is 0 Å². The SMILES string of the molecule is CCCNCC=Cc1cc(Br)cc(Br)c1OC. The Morgan fingerprint density at radius 2 is 2.12 bits per heavy atom. The Morgan fingerprint density at radius 1 is 1.35 bits per heavy atom. The molecule has 0 saturated heterocycles. The summed E-state index contributed by atoms with van der Waals surface area (Å²) in [6.07, 6.45) is 5.32. The van der Waals surface area contributed by atoms with Crippen LogP contribution in [-0.2, 0) is 0 Å². The normalized spacial score (nSPS) is 11.1. The molecule has 0 atom stereocenters. The van der Waals surface area contributed by atoms with Crippen molar-refractivity contribution in [2.45, 2.75) is 13.3 Å². The van der Waals surface area contributed by atoms with Crippen LogP contribution in [0.2, 0.25) is 0 Å². The first-order valence-electron chi connectivity index (χ1n) is 5.59. The second-order valence-corrected chi connectivity index (χ2v) is 5.39. The number of benzene rings is 1. The summed E-state index contributed by atoms with van der Waals surface area (Å²) in [5, 5.41) is 3.32. The zero-order valence-corrected chi connectivity index (χ0v) is 13.3. The smallest absolute Gasteiger partial charge is 0.140 e. The van der Waals surface area contributed by atoms with Gasteiger partial charge in [0, 0.05) is 16.6 Å². The van der Waals surface area contributed by atoms with Crippen LogP contribution in [0.25, 0.3) is 6.08 Å². The van der Waals surface area contributed by atoms with Gasteiger partial charge in [-0.3, -0.25) is 0 Å². The summed E-state index contributed by atoms with van der Waals surface area (Å²) in [7, 11) is 1.68. The van der Waals surface area contributed by atoms with E-state index in [-0.39, 0.29) is 0 Å². The molecule has 1 N–H and O–H groups in total. The van der Waals surface area contributed by atoms with Gasteiger partial charge in [-0.25, -0.2) is 0 Å². The van der Waals surface area contributed by atoms with E-state index in [1.54, 1.807) is 7.11 Å². The first-order chi connectivity index (χ1) is 8.19. The molecule has 0 aliphatic carbocycles. The fourth-order valence-electron chi connectivity index (χ4n) is 1.47. The lowest BCUT2D eigenvalue weighted by atomic mass is 10.2. The van der Waals surface area contributed by atoms with Crippen LogP contribution in [0.15, 0.2) is 27.2 Å². The zero-order chi connectivity index (χ0) is 12.7. The van der Waals surface area contributed by atoms with Gasteiger partial charge < -0.3 is 10.1 Å². The summed E-state index contributed by atoms with van der Waals surface area (Å²) < 4.78 is 7.36. The summed E-state index contributed by atoms with van der Waals surface area (Å²) in [6.45, 7) is 4.08. The second-order valence-electron chi connectivity index (χ2n) is 3.62. The van der Waals surface area contributed by atoms with Crippen molar-refractivity contribution in [2.24, 2.45) is 0 Å². The lowest BCUT2D eigenvalue weighted by Gasteiger charge is -2.08. The van der Waals surface area contributed by atoms with Gasteiger partial charge >= 0.3 is 0 Å². The summed E-state index contributed by atoms with van der Waals surface area (Å²) >= 11 is 6.96. The maximum absolute atomic E-state index is 5.37. The highest BCUT2D eigenvalue weighted by Gasteiger charge is 2.06. The van der Waals surface area contributed by atoms with E-state index in [1.165, 1.54) is 0 Å². The Morgan fingerprint density at radius 3 is 2.76 bits per heavy atom. The molecule has 4 heteroatoms. The predicted octanol–water partition coefficient (Wildman–Crippen LogP) is 4.23. The maximum atomic E-state index is 5.37. The number of hydrogen-bond donors (Lipinski definition) is 1. The van der Waals surface area contributed by atoms with E-state index in [2.05, 4.69) is 56.3 Å². The van der Waals surface area contributed by atoms with Crippen LogP contribution in [-0.4, -0.2) is 20.2 Å². The Labute approximate surface area is 120 Å². The van der Waals surface area contributed by atoms with E-state index in [9.17, 15) is 0 Å². The first kappa shape index (κ1) is 14.7. The molecule has 2 nitrogen and oxygen atoms in total. The quantitative estimate of drug-likeness (QED) is 0.764. The van der Waals surface area contributed by atoms with Gasteiger partial charge in [-0.1, -0.05) is 35.0 Å². The fraction of sp³-hybridized carbons (Fsp3) is 0.385. The van der Waals surface area contributed by atoms with E-state index >= 15 is 0 Å². The minimum atomic E-state index is 0.861. The van der Waals surface area contributed by atoms with Gasteiger partial charge in [-0.15, -0.1) is 0 Å². The van der Waals surface area contributed by atoms with Crippen molar-refractivity contribution >= 4 is 37.9 Å². The Balaban J connectivity index is 2.75. The molecule has 1 rings (SSSR count). The highest BCUT2D eigenvalue weighted by atomic mass is 79.9. The zero-order valence-electron chi connectivity index (χ0n) is 10.1. The summed E-state index contributed by atoms with van der Waals surface area (Å²) in [6, 6.07) is 4.02. The third kappa shape index (κ3) is 4.82. The van der Waals surface area contributed by atoms with Crippen LogP contribution in [0.3, 0.4) is 0 Å². The molecule has 17 heavy (non-hydrogen) atoms. The Kier molecular flexibility index (Phi) is 6.85. The molecule has 1 aromatic rings. The molecule has 0 aliphatic heterocycles. The van der Waals surface area contributed by atoms with Gasteiger partial charge in [0.15, 0.2) is 0 Å². The molecule has 94 valence electrons. The summed E-state index contributed by atoms with van der Waals surface area (Å²) in [4.78, 5) is 0. The van der Waals surface area contributed by atoms with Crippen LogP contribution in [0, 0.1) is 0 Å². The number of rotatable bonds is 6. The minimum Gasteiger partial charge on any atom is -0.495 e. The largest absolute Gasteiger partial charge is 0.495 e. The molecule has 1 aromatic carbocycles. The van der Waals surface area contributed by atoms with Crippen molar-refractivity contribution in [3.05, 3.63) is 32.7 Å². The molecule has 0 unspecified atom stereocenters. The van der Waals surface area contributed by atoms with Gasteiger partial charge in [0.2, 0.25) is 0 Å². The molecular formula is C13H17Br2NO. The molecule has 0 amide bonds. The molecule has 0 fully saturated rings. The van der Waals surface area contributed by atoms with Gasteiger partial charge in [0.1, 0.15) is 5.75 Å². The van der Waals surface area contributed by atoms with E-state index in [1.807, 2.05) is 12.1 Å². The minimum absolute atomic E-state index is 0.861. The topological polar surface area (TPSA) is 21.3 Å². The Hall–Kier alpha value is -0.320. The van der Waals surface area contributed by atoms with Crippen molar-refractivity contribution in [2.75, 3.05) is 20.2 Å². The van der Waals surface area contributed by atoms with Gasteiger partial charge in [0.25, 0.3) is 0 Å². The van der Waals surface area contributed by atoms with Crippen LogP contribution >= 0.6 is 31.9 Å². The molecular weight excluding hydrogens is 346 g/mol. The monoisotopic (exact) mass is 361 g/mol. The third-order valence-electron chi connectivity index (χ3n) is 2.23. The Bertz CT molecular complexity index is 391. The number of methoxy groups -OCH3 is 1. The summed E-state index contributed by atoms with van der Waals surface area (Å²) in [5.41, 5.74) is 1.06. The lowest BCUT2D eigenvalue weighted by molar-refractivity contribution is 0.411. The van der Waals surface area contributed by atoms with E-state index in [4.69, 9.17) is 4.74 Å². The van der Waals surface area contributed by atoms with Crippen molar-refractivity contribution in [3.63, 3.8) is 0 Å². The predicted molar refractivity (Wildman–Crippen MR) is 80.6 cm³/mol. The molecule has 0 spiro atoms. The highest BCUT2D eigenvalue weighted by Crippen LogP contribution is 2.33. The maximum Gasteiger partial charge on any atom is 0.140 e. The van der Waals surface area contributed by atoms with Gasteiger partial charge in [-0.05, 0) is 41.0 Å². The first-order valence-corrected chi connectivity index (χ1v) is 7.18. The molecule has 0 aliphatic rings. The average Bonchev–Trinajstić information content (AvgIpc) is 2.28. The number of halogens is 2. The molecule has 0 aromatic heterocycles. The average molecular weight is 363 g/mol. The van der Waals surface area contributed by atoms with Crippen LogP contribution in [0.5, 0.6) is 5.75 Å². The molecule has 0 bridgehead atoms. The van der Waals surface area contributed by atoms with E-state index < -0.39 is 0 Å². The number of hydrogen-bond acceptors (Lipinski definition) is 2. The second kappa shape index (κ2) is 7.90. The van der Waals surface area contributed by atoms with Crippen LogP contribution in [0.1, 0.15) is 18.9 Å². The molecule has 0 radical (unpaired) electrons. The van der Waals surface area contributed by atoms with Crippen LogP contribution < -0.4 is 10.1 Å². The van der Waals surface area contributed by atoms with Crippen molar-refractivity contribution < 1.29 is 4.74 Å². The van der Waals surface area contributed by atoms with Gasteiger partial charge in [-0.2, -0.15) is 0 Å². The molecule has 0 heterocycles. The summed E-state index contributed by atoms with van der Waals surface area (Å²) in [5.74, 6) is 0.861. The fourth-order valence-corrected chi connectivity index (χ4v) is 2.89. The van der Waals surface area contributed by atoms with E-state index in [0.717, 1.165) is 39.8 Å². The van der Waals surface area contributed by atoms with Crippen molar-refractivity contribution in [1.82, 2.24) is 5.32 Å². The van der Waals surface area contributed by atoms with Gasteiger partial charge in [0.05, 0.1) is 11.6 Å². The van der Waals surface area contributed by atoms with Crippen molar-refractivity contribution in [3.8, 4) is 5.75 Å². The standard InChI is InChI=1S/C13H17Br2NO/c1-3-6-16-7-4-5-10-8-11(14)9-12(15)13(10)17-2/h4-5,8-9,16H,3,6-7H2,1-2H3. The molecule has 0 saturated carbocycles. The van der Waals surface area contributed by atoms with Crippen molar-refractivity contribution in [1.29, 1.82) is 0 Å². The lowest BCUT2D eigenvalue weighted by Crippen LogP contribution is -2.13.